The molecule has 2 aliphatic heterocycles. The van der Waals surface area contributed by atoms with Gasteiger partial charge in [-0.1, -0.05) is 23.7 Å². The third-order valence-corrected chi connectivity index (χ3v) is 5.94. The number of halogens is 1. The Morgan fingerprint density at radius 1 is 1.17 bits per heavy atom. The van der Waals surface area contributed by atoms with Crippen molar-refractivity contribution in [2.75, 3.05) is 46.0 Å². The molecule has 30 heavy (non-hydrogen) atoms. The SMILES string of the molecule is CCNC(=NCCCOC1CCOCC1)NC1CCN(Cc2ccc(Cl)cc2)CC1. The highest BCUT2D eigenvalue weighted by atomic mass is 35.5. The minimum atomic E-state index is 0.368. The Bertz CT molecular complexity index is 627. The molecule has 1 aromatic carbocycles. The Labute approximate surface area is 186 Å². The van der Waals surface area contributed by atoms with Gasteiger partial charge in [-0.15, -0.1) is 0 Å². The second-order valence-corrected chi connectivity index (χ2v) is 8.55. The molecule has 0 bridgehead atoms. The highest BCUT2D eigenvalue weighted by Crippen LogP contribution is 2.16. The predicted octanol–water partition coefficient (Wildman–Crippen LogP) is 3.45. The van der Waals surface area contributed by atoms with Crippen molar-refractivity contribution in [2.45, 2.75) is 57.7 Å². The summed E-state index contributed by atoms with van der Waals surface area (Å²) in [4.78, 5) is 7.26. The lowest BCUT2D eigenvalue weighted by atomic mass is 10.0. The van der Waals surface area contributed by atoms with E-state index in [1.807, 2.05) is 12.1 Å². The fourth-order valence-electron chi connectivity index (χ4n) is 3.94. The first-order chi connectivity index (χ1) is 14.7. The van der Waals surface area contributed by atoms with Crippen LogP contribution in [-0.4, -0.2) is 69.0 Å². The Balaban J connectivity index is 1.34. The van der Waals surface area contributed by atoms with Crippen molar-refractivity contribution in [1.82, 2.24) is 15.5 Å². The van der Waals surface area contributed by atoms with E-state index in [2.05, 4.69) is 34.6 Å². The summed E-state index contributed by atoms with van der Waals surface area (Å²) >= 11 is 5.99. The smallest absolute Gasteiger partial charge is 0.191 e. The zero-order valence-electron chi connectivity index (χ0n) is 18.2. The Morgan fingerprint density at radius 3 is 2.60 bits per heavy atom. The van der Waals surface area contributed by atoms with Crippen molar-refractivity contribution >= 4 is 17.6 Å². The number of hydrogen-bond acceptors (Lipinski definition) is 4. The van der Waals surface area contributed by atoms with Gasteiger partial charge in [0.25, 0.3) is 0 Å². The zero-order valence-corrected chi connectivity index (χ0v) is 19.0. The first-order valence-electron chi connectivity index (χ1n) is 11.4. The number of nitrogens with zero attached hydrogens (tertiary/aromatic N) is 2. The van der Waals surface area contributed by atoms with Gasteiger partial charge >= 0.3 is 0 Å². The molecule has 168 valence electrons. The lowest BCUT2D eigenvalue weighted by molar-refractivity contribution is -0.0318. The van der Waals surface area contributed by atoms with Gasteiger partial charge in [-0.05, 0) is 56.7 Å². The molecular formula is C23H37ClN4O2. The molecule has 6 nitrogen and oxygen atoms in total. The van der Waals surface area contributed by atoms with Crippen molar-refractivity contribution in [3.05, 3.63) is 34.9 Å². The molecule has 0 unspecified atom stereocenters. The number of likely N-dealkylation sites (tertiary alicyclic amines) is 1. The normalized spacial score (nSPS) is 19.7. The maximum atomic E-state index is 5.99. The van der Waals surface area contributed by atoms with Crippen molar-refractivity contribution < 1.29 is 9.47 Å². The van der Waals surface area contributed by atoms with Crippen LogP contribution in [0.1, 0.15) is 44.6 Å². The molecule has 0 spiro atoms. The minimum absolute atomic E-state index is 0.368. The number of aliphatic imine (C=N–C) groups is 1. The first kappa shape index (κ1) is 23.3. The van der Waals surface area contributed by atoms with Crippen molar-refractivity contribution in [3.63, 3.8) is 0 Å². The van der Waals surface area contributed by atoms with E-state index >= 15 is 0 Å². The number of benzene rings is 1. The van der Waals surface area contributed by atoms with E-state index in [4.69, 9.17) is 26.1 Å². The van der Waals surface area contributed by atoms with Crippen LogP contribution in [0.15, 0.2) is 29.3 Å². The number of nitrogens with one attached hydrogen (secondary N) is 2. The maximum Gasteiger partial charge on any atom is 0.191 e. The quantitative estimate of drug-likeness (QED) is 0.353. The van der Waals surface area contributed by atoms with Crippen molar-refractivity contribution in [2.24, 2.45) is 4.99 Å². The molecule has 0 atom stereocenters. The molecule has 2 heterocycles. The van der Waals surface area contributed by atoms with Crippen molar-refractivity contribution in [3.8, 4) is 0 Å². The van der Waals surface area contributed by atoms with Crippen LogP contribution >= 0.6 is 11.6 Å². The van der Waals surface area contributed by atoms with Gasteiger partial charge in [0.05, 0.1) is 6.10 Å². The van der Waals surface area contributed by atoms with Crippen LogP contribution in [-0.2, 0) is 16.0 Å². The van der Waals surface area contributed by atoms with E-state index in [1.165, 1.54) is 5.56 Å². The second-order valence-electron chi connectivity index (χ2n) is 8.12. The summed E-state index contributed by atoms with van der Waals surface area (Å²) in [7, 11) is 0. The molecule has 2 aliphatic rings. The van der Waals surface area contributed by atoms with Gasteiger partial charge in [0, 0.05) is 63.6 Å². The number of piperidine rings is 1. The van der Waals surface area contributed by atoms with E-state index in [0.717, 1.165) is 95.6 Å². The van der Waals surface area contributed by atoms with Gasteiger partial charge in [0.1, 0.15) is 0 Å². The van der Waals surface area contributed by atoms with Crippen LogP contribution in [0.4, 0.5) is 0 Å². The van der Waals surface area contributed by atoms with Gasteiger partial charge in [0.15, 0.2) is 5.96 Å². The van der Waals surface area contributed by atoms with Crippen LogP contribution in [0.5, 0.6) is 0 Å². The van der Waals surface area contributed by atoms with Crippen LogP contribution in [0.2, 0.25) is 5.02 Å². The topological polar surface area (TPSA) is 58.1 Å². The summed E-state index contributed by atoms with van der Waals surface area (Å²) in [6, 6.07) is 8.66. The molecule has 0 amide bonds. The largest absolute Gasteiger partial charge is 0.381 e. The average Bonchev–Trinajstić information content (AvgIpc) is 2.77. The summed E-state index contributed by atoms with van der Waals surface area (Å²) in [6.07, 6.45) is 5.62. The number of rotatable bonds is 9. The summed E-state index contributed by atoms with van der Waals surface area (Å²) in [5, 5.41) is 7.81. The molecule has 0 aliphatic carbocycles. The van der Waals surface area contributed by atoms with Gasteiger partial charge in [0.2, 0.25) is 0 Å². The van der Waals surface area contributed by atoms with E-state index in [1.54, 1.807) is 0 Å². The van der Waals surface area contributed by atoms with E-state index in [0.29, 0.717) is 12.1 Å². The molecular weight excluding hydrogens is 400 g/mol. The fourth-order valence-corrected chi connectivity index (χ4v) is 4.07. The van der Waals surface area contributed by atoms with Crippen LogP contribution in [0.3, 0.4) is 0 Å². The van der Waals surface area contributed by atoms with Crippen LogP contribution in [0, 0.1) is 0 Å². The van der Waals surface area contributed by atoms with Crippen molar-refractivity contribution in [1.29, 1.82) is 0 Å². The third kappa shape index (κ3) is 8.42. The molecule has 2 fully saturated rings. The highest BCUT2D eigenvalue weighted by molar-refractivity contribution is 6.30. The molecule has 7 heteroatoms. The Kier molecular flexibility index (Phi) is 10.2. The lowest BCUT2D eigenvalue weighted by Crippen LogP contribution is -2.48. The monoisotopic (exact) mass is 436 g/mol. The number of hydrogen-bond donors (Lipinski definition) is 2. The molecule has 2 saturated heterocycles. The molecule has 0 radical (unpaired) electrons. The molecule has 2 N–H and O–H groups in total. The zero-order chi connectivity index (χ0) is 21.0. The third-order valence-electron chi connectivity index (χ3n) is 5.69. The Morgan fingerprint density at radius 2 is 1.90 bits per heavy atom. The highest BCUT2D eigenvalue weighted by Gasteiger charge is 2.20. The summed E-state index contributed by atoms with van der Waals surface area (Å²) in [6.45, 7) is 9.39. The summed E-state index contributed by atoms with van der Waals surface area (Å²) < 4.78 is 11.3. The summed E-state index contributed by atoms with van der Waals surface area (Å²) in [5.74, 6) is 0.930. The van der Waals surface area contributed by atoms with E-state index in [-0.39, 0.29) is 0 Å². The Hall–Kier alpha value is -1.34. The number of guanidine groups is 1. The van der Waals surface area contributed by atoms with E-state index in [9.17, 15) is 0 Å². The van der Waals surface area contributed by atoms with Gasteiger partial charge in [-0.3, -0.25) is 9.89 Å². The van der Waals surface area contributed by atoms with Gasteiger partial charge < -0.3 is 20.1 Å². The standard InChI is InChI=1S/C23H37ClN4O2/c1-2-25-23(26-12-3-15-30-22-10-16-29-17-11-22)27-21-8-13-28(14-9-21)18-19-4-6-20(24)7-5-19/h4-7,21-22H,2-3,8-18H2,1H3,(H2,25,26,27). The lowest BCUT2D eigenvalue weighted by Gasteiger charge is -2.33. The first-order valence-corrected chi connectivity index (χ1v) is 11.8. The maximum absolute atomic E-state index is 5.99. The minimum Gasteiger partial charge on any atom is -0.381 e. The second kappa shape index (κ2) is 13.2. The molecule has 3 rings (SSSR count). The van der Waals surface area contributed by atoms with Gasteiger partial charge in [-0.2, -0.15) is 0 Å². The molecule has 0 saturated carbocycles. The average molecular weight is 437 g/mol. The number of ether oxygens (including phenoxy) is 2. The summed E-state index contributed by atoms with van der Waals surface area (Å²) in [5.41, 5.74) is 1.32. The van der Waals surface area contributed by atoms with Crippen LogP contribution < -0.4 is 10.6 Å². The predicted molar refractivity (Wildman–Crippen MR) is 123 cm³/mol. The van der Waals surface area contributed by atoms with Crippen LogP contribution in [0.25, 0.3) is 0 Å². The molecule has 1 aromatic rings. The fraction of sp³-hybridized carbons (Fsp3) is 0.696. The molecule has 0 aromatic heterocycles. The van der Waals surface area contributed by atoms with E-state index < -0.39 is 0 Å². The van der Waals surface area contributed by atoms with Gasteiger partial charge in [-0.25, -0.2) is 0 Å².